The summed E-state index contributed by atoms with van der Waals surface area (Å²) < 4.78 is 32.5. The number of methoxy groups -OCH3 is 1. The van der Waals surface area contributed by atoms with Gasteiger partial charge in [0.2, 0.25) is 0 Å². The van der Waals surface area contributed by atoms with Gasteiger partial charge in [0.25, 0.3) is 15.9 Å². The first kappa shape index (κ1) is 20.4. The Hall–Kier alpha value is -3.32. The number of ether oxygens (including phenoxy) is 1. The topological polar surface area (TPSA) is 84.5 Å². The van der Waals surface area contributed by atoms with Gasteiger partial charge in [-0.15, -0.1) is 0 Å². The van der Waals surface area contributed by atoms with Crippen molar-refractivity contribution in [2.24, 2.45) is 0 Å². The van der Waals surface area contributed by atoms with Crippen molar-refractivity contribution in [3.8, 4) is 5.75 Å². The highest BCUT2D eigenvalue weighted by Crippen LogP contribution is 2.20. The summed E-state index contributed by atoms with van der Waals surface area (Å²) in [5.74, 6) is 0.308. The fraction of sp³-hybridized carbons (Fsp3) is 0.136. The molecule has 0 fully saturated rings. The number of benzene rings is 3. The van der Waals surface area contributed by atoms with Gasteiger partial charge in [-0.05, 0) is 72.6 Å². The molecule has 0 radical (unpaired) electrons. The second-order valence-corrected chi connectivity index (χ2v) is 8.05. The van der Waals surface area contributed by atoms with E-state index in [-0.39, 0.29) is 10.8 Å². The van der Waals surface area contributed by atoms with Gasteiger partial charge in [0, 0.05) is 16.9 Å². The molecule has 0 unspecified atom stereocenters. The van der Waals surface area contributed by atoms with Crippen LogP contribution in [0.15, 0.2) is 77.7 Å². The molecular formula is C22H22N2O4S. The molecule has 0 aliphatic rings. The number of nitrogens with one attached hydrogen (secondary N) is 2. The molecule has 0 spiro atoms. The molecule has 150 valence electrons. The number of aryl methyl sites for hydroxylation is 1. The van der Waals surface area contributed by atoms with Gasteiger partial charge in [-0.3, -0.25) is 9.52 Å². The summed E-state index contributed by atoms with van der Waals surface area (Å²) in [6.07, 6.45) is 0.933. The van der Waals surface area contributed by atoms with Crippen LogP contribution in [-0.4, -0.2) is 21.4 Å². The smallest absolute Gasteiger partial charge is 0.261 e. The molecule has 1 amide bonds. The minimum atomic E-state index is -3.73. The maximum atomic E-state index is 12.5. The molecule has 3 aromatic carbocycles. The molecular weight excluding hydrogens is 388 g/mol. The van der Waals surface area contributed by atoms with E-state index in [1.165, 1.54) is 24.8 Å². The zero-order valence-electron chi connectivity index (χ0n) is 16.2. The normalized spacial score (nSPS) is 11.0. The summed E-state index contributed by atoms with van der Waals surface area (Å²) in [5, 5.41) is 2.82. The van der Waals surface area contributed by atoms with Crippen LogP contribution in [0.2, 0.25) is 0 Å². The third-order valence-corrected chi connectivity index (χ3v) is 5.79. The minimum absolute atomic E-state index is 0.121. The summed E-state index contributed by atoms with van der Waals surface area (Å²) in [7, 11) is -2.22. The summed E-state index contributed by atoms with van der Waals surface area (Å²) in [6, 6.07) is 20.0. The number of rotatable bonds is 7. The van der Waals surface area contributed by atoms with Crippen LogP contribution in [0.4, 0.5) is 11.4 Å². The zero-order valence-corrected chi connectivity index (χ0v) is 17.0. The number of anilines is 2. The fourth-order valence-electron chi connectivity index (χ4n) is 2.69. The Balaban J connectivity index is 1.67. The zero-order chi connectivity index (χ0) is 20.9. The van der Waals surface area contributed by atoms with E-state index in [2.05, 4.69) is 17.0 Å². The molecule has 6 nitrogen and oxygen atoms in total. The summed E-state index contributed by atoms with van der Waals surface area (Å²) in [5.41, 5.74) is 2.69. The van der Waals surface area contributed by atoms with E-state index < -0.39 is 10.0 Å². The Morgan fingerprint density at radius 1 is 0.862 bits per heavy atom. The van der Waals surface area contributed by atoms with Crippen molar-refractivity contribution in [1.29, 1.82) is 0 Å². The second kappa shape index (κ2) is 8.79. The molecule has 0 aromatic heterocycles. The lowest BCUT2D eigenvalue weighted by molar-refractivity contribution is 0.102. The fourth-order valence-corrected chi connectivity index (χ4v) is 3.74. The minimum Gasteiger partial charge on any atom is -0.497 e. The Bertz CT molecular complexity index is 1080. The molecule has 0 atom stereocenters. The van der Waals surface area contributed by atoms with Crippen LogP contribution in [0.1, 0.15) is 22.8 Å². The van der Waals surface area contributed by atoms with E-state index in [1.54, 1.807) is 36.4 Å². The molecule has 3 rings (SSSR count). The van der Waals surface area contributed by atoms with Gasteiger partial charge in [-0.25, -0.2) is 8.42 Å². The van der Waals surface area contributed by atoms with Crippen LogP contribution in [0.5, 0.6) is 5.75 Å². The average molecular weight is 410 g/mol. The van der Waals surface area contributed by atoms with Gasteiger partial charge in [0.1, 0.15) is 5.75 Å². The van der Waals surface area contributed by atoms with E-state index in [0.717, 1.165) is 6.42 Å². The average Bonchev–Trinajstić information content (AvgIpc) is 2.74. The van der Waals surface area contributed by atoms with Crippen LogP contribution in [0.3, 0.4) is 0 Å². The molecule has 0 bridgehead atoms. The van der Waals surface area contributed by atoms with E-state index in [1.807, 2.05) is 24.3 Å². The van der Waals surface area contributed by atoms with Crippen molar-refractivity contribution in [3.05, 3.63) is 83.9 Å². The van der Waals surface area contributed by atoms with Crippen LogP contribution in [0, 0.1) is 0 Å². The number of amides is 1. The quantitative estimate of drug-likeness (QED) is 0.608. The first-order valence-electron chi connectivity index (χ1n) is 9.08. The number of hydrogen-bond donors (Lipinski definition) is 2. The third-order valence-electron chi connectivity index (χ3n) is 4.39. The van der Waals surface area contributed by atoms with Gasteiger partial charge in [-0.1, -0.05) is 19.1 Å². The molecule has 0 aliphatic heterocycles. The summed E-state index contributed by atoms with van der Waals surface area (Å²) in [6.45, 7) is 2.07. The van der Waals surface area contributed by atoms with Crippen molar-refractivity contribution in [2.45, 2.75) is 18.2 Å². The molecule has 0 aliphatic carbocycles. The van der Waals surface area contributed by atoms with Gasteiger partial charge >= 0.3 is 0 Å². The molecule has 7 heteroatoms. The number of carbonyl (C=O) groups excluding carboxylic acids is 1. The maximum Gasteiger partial charge on any atom is 0.261 e. The van der Waals surface area contributed by atoms with Crippen molar-refractivity contribution >= 4 is 27.3 Å². The first-order chi connectivity index (χ1) is 13.9. The lowest BCUT2D eigenvalue weighted by Gasteiger charge is -2.10. The monoisotopic (exact) mass is 410 g/mol. The Kier molecular flexibility index (Phi) is 6.19. The predicted octanol–water partition coefficient (Wildman–Crippen LogP) is 4.31. The Morgan fingerprint density at radius 3 is 2.00 bits per heavy atom. The van der Waals surface area contributed by atoms with Gasteiger partial charge in [0.05, 0.1) is 12.0 Å². The van der Waals surface area contributed by atoms with Crippen LogP contribution in [0.25, 0.3) is 0 Å². The number of hydrogen-bond acceptors (Lipinski definition) is 4. The number of carbonyl (C=O) groups is 1. The van der Waals surface area contributed by atoms with Crippen molar-refractivity contribution in [2.75, 3.05) is 17.1 Å². The van der Waals surface area contributed by atoms with Gasteiger partial charge in [-0.2, -0.15) is 0 Å². The van der Waals surface area contributed by atoms with Crippen molar-refractivity contribution in [1.82, 2.24) is 0 Å². The van der Waals surface area contributed by atoms with Crippen LogP contribution >= 0.6 is 0 Å². The largest absolute Gasteiger partial charge is 0.497 e. The van der Waals surface area contributed by atoms with Gasteiger partial charge in [0.15, 0.2) is 0 Å². The summed E-state index contributed by atoms with van der Waals surface area (Å²) >= 11 is 0. The van der Waals surface area contributed by atoms with Crippen LogP contribution < -0.4 is 14.8 Å². The maximum absolute atomic E-state index is 12.5. The Morgan fingerprint density at radius 2 is 1.45 bits per heavy atom. The summed E-state index contributed by atoms with van der Waals surface area (Å²) in [4.78, 5) is 12.5. The highest BCUT2D eigenvalue weighted by atomic mass is 32.2. The van der Waals surface area contributed by atoms with E-state index in [0.29, 0.717) is 22.7 Å². The van der Waals surface area contributed by atoms with Gasteiger partial charge < -0.3 is 10.1 Å². The van der Waals surface area contributed by atoms with E-state index in [4.69, 9.17) is 4.74 Å². The lowest BCUT2D eigenvalue weighted by Crippen LogP contribution is -2.14. The van der Waals surface area contributed by atoms with Crippen molar-refractivity contribution in [3.63, 3.8) is 0 Å². The molecule has 3 aromatic rings. The molecule has 2 N–H and O–H groups in total. The lowest BCUT2D eigenvalue weighted by atomic mass is 10.1. The standard InChI is InChI=1S/C22H22N2O4S/c1-3-16-4-8-18(9-5-16)23-22(25)17-6-10-19(11-7-17)24-29(26,27)21-14-12-20(28-2)13-15-21/h4-15,24H,3H2,1-2H3,(H,23,25). The number of sulfonamides is 1. The first-order valence-corrected chi connectivity index (χ1v) is 10.6. The van der Waals surface area contributed by atoms with E-state index in [9.17, 15) is 13.2 Å². The molecule has 0 heterocycles. The highest BCUT2D eigenvalue weighted by Gasteiger charge is 2.15. The molecule has 0 saturated heterocycles. The SMILES string of the molecule is CCc1ccc(NC(=O)c2ccc(NS(=O)(=O)c3ccc(OC)cc3)cc2)cc1. The van der Waals surface area contributed by atoms with E-state index >= 15 is 0 Å². The Labute approximate surface area is 170 Å². The van der Waals surface area contributed by atoms with Crippen LogP contribution in [-0.2, 0) is 16.4 Å². The predicted molar refractivity (Wildman–Crippen MR) is 114 cm³/mol. The highest BCUT2D eigenvalue weighted by molar-refractivity contribution is 7.92. The second-order valence-electron chi connectivity index (χ2n) is 6.36. The molecule has 29 heavy (non-hydrogen) atoms. The van der Waals surface area contributed by atoms with Crippen molar-refractivity contribution < 1.29 is 17.9 Å². The molecule has 0 saturated carbocycles. The third kappa shape index (κ3) is 5.14.